The quantitative estimate of drug-likeness (QED) is 0.389. The number of pyridine rings is 1. The number of aliphatic carboxylic acids is 1. The van der Waals surface area contributed by atoms with E-state index < -0.39 is 11.6 Å². The largest absolute Gasteiger partial charge is 0.480 e. The number of carbonyl (C=O) groups excluding carboxylic acids is 1. The Bertz CT molecular complexity index is 1330. The van der Waals surface area contributed by atoms with Gasteiger partial charge in [-0.15, -0.1) is 0 Å². The van der Waals surface area contributed by atoms with Crippen LogP contribution in [-0.2, 0) is 19.9 Å². The molecule has 3 aromatic rings. The third-order valence-electron chi connectivity index (χ3n) is 8.50. The zero-order chi connectivity index (χ0) is 26.3. The molecule has 0 bridgehead atoms. The molecule has 38 heavy (non-hydrogen) atoms. The summed E-state index contributed by atoms with van der Waals surface area (Å²) >= 11 is 3.57. The average Bonchev–Trinajstić information content (AvgIpc) is 3.23. The van der Waals surface area contributed by atoms with Crippen molar-refractivity contribution in [3.05, 3.63) is 88.2 Å². The van der Waals surface area contributed by atoms with Crippen molar-refractivity contribution in [1.82, 2.24) is 9.88 Å². The molecule has 6 rings (SSSR count). The van der Waals surface area contributed by atoms with Gasteiger partial charge in [-0.1, -0.05) is 48.5 Å². The fraction of sp³-hybridized carbons (Fsp3) is 0.367. The van der Waals surface area contributed by atoms with Crippen molar-refractivity contribution in [2.75, 3.05) is 26.3 Å². The molecule has 1 aromatic heterocycles. The number of fused-ring (bicyclic) bond motifs is 3. The summed E-state index contributed by atoms with van der Waals surface area (Å²) in [4.78, 5) is 30.2. The number of carboxylic acids is 1. The molecular weight excluding hydrogens is 548 g/mol. The minimum absolute atomic E-state index is 0.0150. The lowest BCUT2D eigenvalue weighted by Crippen LogP contribution is -2.61. The van der Waals surface area contributed by atoms with Gasteiger partial charge in [-0.05, 0) is 69.9 Å². The van der Waals surface area contributed by atoms with E-state index >= 15 is 0 Å². The Morgan fingerprint density at radius 2 is 1.61 bits per heavy atom. The van der Waals surface area contributed by atoms with E-state index in [9.17, 15) is 14.7 Å². The third-order valence-corrected chi connectivity index (χ3v) is 9.13. The molecule has 1 saturated heterocycles. The minimum Gasteiger partial charge on any atom is -0.480 e. The van der Waals surface area contributed by atoms with Gasteiger partial charge >= 0.3 is 12.1 Å². The van der Waals surface area contributed by atoms with E-state index in [-0.39, 0.29) is 24.0 Å². The Balaban J connectivity index is 1.08. The van der Waals surface area contributed by atoms with Gasteiger partial charge in [-0.2, -0.15) is 0 Å². The van der Waals surface area contributed by atoms with Crippen molar-refractivity contribution in [3.63, 3.8) is 0 Å². The molecule has 1 spiro atoms. The van der Waals surface area contributed by atoms with E-state index in [1.54, 1.807) is 17.3 Å². The second-order valence-electron chi connectivity index (χ2n) is 10.7. The number of hydrogen-bond acceptors (Lipinski definition) is 5. The first-order valence-corrected chi connectivity index (χ1v) is 13.7. The van der Waals surface area contributed by atoms with Gasteiger partial charge in [0.1, 0.15) is 13.2 Å². The summed E-state index contributed by atoms with van der Waals surface area (Å²) in [5.74, 6) is -0.943. The van der Waals surface area contributed by atoms with Crippen molar-refractivity contribution >= 4 is 28.0 Å². The molecule has 0 unspecified atom stereocenters. The molecule has 2 heterocycles. The first-order valence-electron chi connectivity index (χ1n) is 13.0. The average molecular weight is 577 g/mol. The van der Waals surface area contributed by atoms with Gasteiger partial charge in [0.05, 0.1) is 5.60 Å². The summed E-state index contributed by atoms with van der Waals surface area (Å²) < 4.78 is 12.7. The predicted octanol–water partition coefficient (Wildman–Crippen LogP) is 5.97. The van der Waals surface area contributed by atoms with Gasteiger partial charge in [0, 0.05) is 46.9 Å². The van der Waals surface area contributed by atoms with Crippen molar-refractivity contribution in [1.29, 1.82) is 0 Å². The Labute approximate surface area is 229 Å². The van der Waals surface area contributed by atoms with Crippen LogP contribution in [0.5, 0.6) is 0 Å². The summed E-state index contributed by atoms with van der Waals surface area (Å²) in [6.07, 6.45) is 6.20. The van der Waals surface area contributed by atoms with Gasteiger partial charge < -0.3 is 19.5 Å². The van der Waals surface area contributed by atoms with Crippen LogP contribution < -0.4 is 0 Å². The molecule has 3 aliphatic rings. The smallest absolute Gasteiger partial charge is 0.409 e. The van der Waals surface area contributed by atoms with Crippen LogP contribution in [0.4, 0.5) is 4.79 Å². The number of carbonyl (C=O) groups is 2. The van der Waals surface area contributed by atoms with Gasteiger partial charge in [0.25, 0.3) is 0 Å². The van der Waals surface area contributed by atoms with Crippen molar-refractivity contribution in [2.24, 2.45) is 5.41 Å². The Morgan fingerprint density at radius 3 is 2.21 bits per heavy atom. The van der Waals surface area contributed by atoms with Crippen LogP contribution >= 0.6 is 15.9 Å². The highest BCUT2D eigenvalue weighted by molar-refractivity contribution is 9.10. The number of carboxylic acid groups (broad SMARTS) is 1. The topological polar surface area (TPSA) is 89.0 Å². The molecule has 2 fully saturated rings. The van der Waals surface area contributed by atoms with E-state index in [1.807, 2.05) is 30.3 Å². The number of hydrogen-bond donors (Lipinski definition) is 1. The van der Waals surface area contributed by atoms with E-state index in [0.29, 0.717) is 32.5 Å². The number of rotatable bonds is 6. The second kappa shape index (κ2) is 9.82. The van der Waals surface area contributed by atoms with Crippen molar-refractivity contribution in [2.45, 2.75) is 37.2 Å². The molecule has 0 atom stereocenters. The van der Waals surface area contributed by atoms with Crippen molar-refractivity contribution < 1.29 is 24.2 Å². The number of amides is 1. The van der Waals surface area contributed by atoms with Gasteiger partial charge in [-0.25, -0.2) is 9.59 Å². The Kier molecular flexibility index (Phi) is 6.48. The Hall–Kier alpha value is -3.23. The number of nitrogens with zero attached hydrogens (tertiary/aromatic N) is 2. The lowest BCUT2D eigenvalue weighted by atomic mass is 9.63. The Morgan fingerprint density at radius 1 is 0.974 bits per heavy atom. The summed E-state index contributed by atoms with van der Waals surface area (Å²) in [7, 11) is 0. The molecule has 2 aromatic carbocycles. The number of likely N-dealkylation sites (tertiary alicyclic amines) is 1. The molecule has 1 amide bonds. The molecule has 0 radical (unpaired) electrons. The summed E-state index contributed by atoms with van der Waals surface area (Å²) in [5, 5.41) is 9.26. The second-order valence-corrected chi connectivity index (χ2v) is 11.5. The molecular formula is C30H29BrN2O5. The third kappa shape index (κ3) is 4.39. The van der Waals surface area contributed by atoms with Crippen LogP contribution in [0, 0.1) is 5.41 Å². The normalized spacial score (nSPS) is 18.9. The molecule has 1 aliphatic heterocycles. The molecule has 1 saturated carbocycles. The maximum atomic E-state index is 13.0. The highest BCUT2D eigenvalue weighted by atomic mass is 79.9. The van der Waals surface area contributed by atoms with Crippen LogP contribution in [0.25, 0.3) is 11.1 Å². The first-order chi connectivity index (χ1) is 18.4. The number of halogens is 1. The zero-order valence-electron chi connectivity index (χ0n) is 20.9. The predicted molar refractivity (Wildman–Crippen MR) is 145 cm³/mol. The first kappa shape index (κ1) is 25.1. The van der Waals surface area contributed by atoms with E-state index in [1.165, 1.54) is 22.3 Å². The van der Waals surface area contributed by atoms with Crippen LogP contribution in [0.2, 0.25) is 0 Å². The summed E-state index contributed by atoms with van der Waals surface area (Å²) in [6.45, 7) is 1.26. The fourth-order valence-electron chi connectivity index (χ4n) is 6.51. The molecule has 2 aliphatic carbocycles. The van der Waals surface area contributed by atoms with Crippen LogP contribution in [-0.4, -0.2) is 53.4 Å². The van der Waals surface area contributed by atoms with Crippen LogP contribution in [0.3, 0.4) is 0 Å². The lowest BCUT2D eigenvalue weighted by Gasteiger charge is -2.55. The SMILES string of the molecule is O=C(O)COC1(c2ccncc2Br)CCC2(CC1)CN(C(=O)OCC1c3ccccc3-c3ccccc31)C2. The monoisotopic (exact) mass is 576 g/mol. The van der Waals surface area contributed by atoms with E-state index in [0.717, 1.165) is 22.9 Å². The molecule has 196 valence electrons. The minimum atomic E-state index is -0.986. The van der Waals surface area contributed by atoms with Crippen molar-refractivity contribution in [3.8, 4) is 11.1 Å². The van der Waals surface area contributed by atoms with Gasteiger partial charge in [0.15, 0.2) is 0 Å². The molecule has 8 heteroatoms. The van der Waals surface area contributed by atoms with E-state index in [4.69, 9.17) is 9.47 Å². The molecule has 7 nitrogen and oxygen atoms in total. The maximum Gasteiger partial charge on any atom is 0.409 e. The van der Waals surface area contributed by atoms with E-state index in [2.05, 4.69) is 45.2 Å². The van der Waals surface area contributed by atoms with Gasteiger partial charge in [0.2, 0.25) is 0 Å². The van der Waals surface area contributed by atoms with Gasteiger partial charge in [-0.3, -0.25) is 4.98 Å². The zero-order valence-corrected chi connectivity index (χ0v) is 22.5. The number of benzene rings is 2. The fourth-order valence-corrected chi connectivity index (χ4v) is 7.13. The number of aromatic nitrogens is 1. The highest BCUT2D eigenvalue weighted by Crippen LogP contribution is 2.53. The summed E-state index contributed by atoms with van der Waals surface area (Å²) in [5.41, 5.74) is 5.09. The number of ether oxygens (including phenoxy) is 2. The lowest BCUT2D eigenvalue weighted by molar-refractivity contribution is -0.160. The summed E-state index contributed by atoms with van der Waals surface area (Å²) in [6, 6.07) is 18.5. The van der Waals surface area contributed by atoms with Crippen LogP contribution in [0.1, 0.15) is 48.3 Å². The standard InChI is InChI=1S/C30H29BrN2O5/c31-26-15-32-14-9-25(26)30(38-17-27(34)35)12-10-29(11-13-30)18-33(19-29)28(36)37-16-24-22-7-3-1-5-20(22)21-6-2-4-8-23(21)24/h1-9,14-15,24H,10-13,16-19H2,(H,34,35). The molecule has 1 N–H and O–H groups in total. The highest BCUT2D eigenvalue weighted by Gasteiger charge is 2.52. The maximum absolute atomic E-state index is 13.0. The van der Waals surface area contributed by atoms with Crippen LogP contribution in [0.15, 0.2) is 71.5 Å².